The lowest BCUT2D eigenvalue weighted by Crippen LogP contribution is -2.53. The number of carbonyl (C=O) groups is 3. The predicted octanol–water partition coefficient (Wildman–Crippen LogP) is 5.29. The van der Waals surface area contributed by atoms with E-state index in [1.165, 1.54) is 35.7 Å². The van der Waals surface area contributed by atoms with Gasteiger partial charge in [0.15, 0.2) is 0 Å². The van der Waals surface area contributed by atoms with Gasteiger partial charge in [0.2, 0.25) is 17.7 Å². The highest BCUT2D eigenvalue weighted by Gasteiger charge is 2.39. The fraction of sp³-hybridized carbons (Fsp3) is 0.294. The van der Waals surface area contributed by atoms with E-state index in [0.29, 0.717) is 48.9 Å². The van der Waals surface area contributed by atoms with Crippen LogP contribution >= 0.6 is 11.8 Å². The Hall–Kier alpha value is -4.51. The predicted molar refractivity (Wildman–Crippen MR) is 170 cm³/mol. The molecule has 0 aliphatic carbocycles. The lowest BCUT2D eigenvalue weighted by Gasteiger charge is -2.35. The standard InChI is InChI=1S/C34H33F2N5O3S/c1-21-9-12-28(22(2)17-21)41-34-31(32(37-41)24-7-5-4-6-8-24)33(26-11-10-25(35)18-27(26)36)45-20-30(44)40(34)19-29(43)39-15-13-38(14-16-39)23(3)42/h4-12,17-18,33H,13-16,19-20H2,1-3H3/t33-/m1/s1. The van der Waals surface area contributed by atoms with Crippen LogP contribution in [0, 0.1) is 25.5 Å². The van der Waals surface area contributed by atoms with Gasteiger partial charge in [-0.1, -0.05) is 54.1 Å². The number of fused-ring (bicyclic) bond motifs is 1. The summed E-state index contributed by atoms with van der Waals surface area (Å²) in [5.74, 6) is -1.72. The van der Waals surface area contributed by atoms with Gasteiger partial charge in [0, 0.05) is 55.9 Å². The number of carbonyl (C=O) groups excluding carboxylic acids is 3. The summed E-state index contributed by atoms with van der Waals surface area (Å²) in [6.45, 7) is 6.74. The number of hydrogen-bond donors (Lipinski definition) is 0. The molecule has 1 fully saturated rings. The van der Waals surface area contributed by atoms with Crippen molar-refractivity contribution < 1.29 is 23.2 Å². The van der Waals surface area contributed by atoms with E-state index in [1.54, 1.807) is 14.5 Å². The molecule has 232 valence electrons. The second kappa shape index (κ2) is 12.5. The summed E-state index contributed by atoms with van der Waals surface area (Å²) < 4.78 is 31.2. The molecule has 4 aromatic rings. The Labute approximate surface area is 264 Å². The lowest BCUT2D eigenvalue weighted by molar-refractivity contribution is -0.137. The highest BCUT2D eigenvalue weighted by atomic mass is 32.2. The van der Waals surface area contributed by atoms with Crippen molar-refractivity contribution in [1.82, 2.24) is 19.6 Å². The molecule has 0 bridgehead atoms. The largest absolute Gasteiger partial charge is 0.339 e. The Morgan fingerprint density at radius 2 is 1.64 bits per heavy atom. The van der Waals surface area contributed by atoms with Crippen LogP contribution in [-0.4, -0.2) is 75.8 Å². The first-order chi connectivity index (χ1) is 21.6. The number of nitrogens with zero attached hydrogens (tertiary/aromatic N) is 5. The first-order valence-electron chi connectivity index (χ1n) is 14.8. The second-order valence-electron chi connectivity index (χ2n) is 11.4. The monoisotopic (exact) mass is 629 g/mol. The molecule has 6 rings (SSSR count). The van der Waals surface area contributed by atoms with Crippen molar-refractivity contribution in [1.29, 1.82) is 0 Å². The maximum Gasteiger partial charge on any atom is 0.242 e. The molecule has 2 aliphatic heterocycles. The minimum Gasteiger partial charge on any atom is -0.339 e. The highest BCUT2D eigenvalue weighted by molar-refractivity contribution is 8.00. The van der Waals surface area contributed by atoms with Crippen LogP contribution in [0.5, 0.6) is 0 Å². The molecule has 1 aromatic heterocycles. The number of aryl methyl sites for hydroxylation is 2. The number of thioether (sulfide) groups is 1. The third kappa shape index (κ3) is 5.96. The summed E-state index contributed by atoms with van der Waals surface area (Å²) in [6, 6.07) is 18.8. The van der Waals surface area contributed by atoms with Crippen molar-refractivity contribution in [3.8, 4) is 16.9 Å². The fourth-order valence-corrected chi connectivity index (χ4v) is 7.22. The van der Waals surface area contributed by atoms with Gasteiger partial charge in [-0.05, 0) is 31.5 Å². The smallest absolute Gasteiger partial charge is 0.242 e. The van der Waals surface area contributed by atoms with E-state index < -0.39 is 16.9 Å². The number of halogens is 2. The molecule has 0 radical (unpaired) electrons. The summed E-state index contributed by atoms with van der Waals surface area (Å²) in [4.78, 5) is 44.5. The molecule has 45 heavy (non-hydrogen) atoms. The number of piperazine rings is 1. The third-order valence-electron chi connectivity index (χ3n) is 8.33. The first-order valence-corrected chi connectivity index (χ1v) is 15.8. The van der Waals surface area contributed by atoms with Gasteiger partial charge in [0.05, 0.1) is 22.4 Å². The van der Waals surface area contributed by atoms with E-state index in [9.17, 15) is 18.8 Å². The Morgan fingerprint density at radius 1 is 0.933 bits per heavy atom. The normalized spacial score (nSPS) is 16.9. The molecule has 11 heteroatoms. The van der Waals surface area contributed by atoms with Crippen LogP contribution in [0.25, 0.3) is 16.9 Å². The average Bonchev–Trinajstić information content (AvgIpc) is 3.34. The molecule has 1 saturated heterocycles. The zero-order valence-electron chi connectivity index (χ0n) is 25.3. The molecule has 0 saturated carbocycles. The fourth-order valence-electron chi connectivity index (χ4n) is 6.01. The number of hydrogen-bond acceptors (Lipinski definition) is 5. The van der Waals surface area contributed by atoms with Gasteiger partial charge in [-0.3, -0.25) is 19.3 Å². The summed E-state index contributed by atoms with van der Waals surface area (Å²) in [6.07, 6.45) is 0. The summed E-state index contributed by atoms with van der Waals surface area (Å²) in [5, 5.41) is 4.34. The summed E-state index contributed by atoms with van der Waals surface area (Å²) >= 11 is 1.23. The van der Waals surface area contributed by atoms with Gasteiger partial charge in [-0.25, -0.2) is 13.5 Å². The van der Waals surface area contributed by atoms with E-state index in [2.05, 4.69) is 0 Å². The van der Waals surface area contributed by atoms with Gasteiger partial charge in [0.25, 0.3) is 0 Å². The van der Waals surface area contributed by atoms with Gasteiger partial charge < -0.3 is 9.80 Å². The Kier molecular flexibility index (Phi) is 8.46. The maximum absolute atomic E-state index is 15.5. The van der Waals surface area contributed by atoms with E-state index >= 15 is 4.39 Å². The van der Waals surface area contributed by atoms with Crippen molar-refractivity contribution >= 4 is 35.3 Å². The minimum absolute atomic E-state index is 0.0390. The molecule has 8 nitrogen and oxygen atoms in total. The molecule has 1 atom stereocenters. The Morgan fingerprint density at radius 3 is 2.31 bits per heavy atom. The van der Waals surface area contributed by atoms with Crippen molar-refractivity contribution in [2.75, 3.05) is 43.4 Å². The van der Waals surface area contributed by atoms with Crippen molar-refractivity contribution in [3.63, 3.8) is 0 Å². The second-order valence-corrected chi connectivity index (χ2v) is 12.5. The third-order valence-corrected chi connectivity index (χ3v) is 9.57. The molecule has 0 spiro atoms. The first kappa shape index (κ1) is 30.5. The van der Waals surface area contributed by atoms with Crippen LogP contribution in [0.3, 0.4) is 0 Å². The van der Waals surface area contributed by atoms with Crippen LogP contribution in [0.4, 0.5) is 14.6 Å². The molecule has 0 N–H and O–H groups in total. The molecule has 3 amide bonds. The van der Waals surface area contributed by atoms with Gasteiger partial charge in [-0.15, -0.1) is 11.8 Å². The van der Waals surface area contributed by atoms with Gasteiger partial charge >= 0.3 is 0 Å². The van der Waals surface area contributed by atoms with E-state index in [0.717, 1.165) is 22.8 Å². The van der Waals surface area contributed by atoms with E-state index in [1.807, 2.05) is 62.4 Å². The number of rotatable bonds is 5. The van der Waals surface area contributed by atoms with Crippen molar-refractivity contribution in [3.05, 3.63) is 101 Å². The van der Waals surface area contributed by atoms with Crippen molar-refractivity contribution in [2.24, 2.45) is 0 Å². The average molecular weight is 630 g/mol. The van der Waals surface area contributed by atoms with Crippen LogP contribution in [0.1, 0.15) is 34.4 Å². The maximum atomic E-state index is 15.5. The van der Waals surface area contributed by atoms with E-state index in [4.69, 9.17) is 5.10 Å². The quantitative estimate of drug-likeness (QED) is 0.300. The summed E-state index contributed by atoms with van der Waals surface area (Å²) in [7, 11) is 0. The molecule has 2 aliphatic rings. The Balaban J connectivity index is 1.55. The minimum atomic E-state index is -0.725. The Bertz CT molecular complexity index is 1790. The van der Waals surface area contributed by atoms with Gasteiger partial charge in [-0.2, -0.15) is 5.10 Å². The number of anilines is 1. The zero-order chi connectivity index (χ0) is 31.8. The molecule has 3 heterocycles. The van der Waals surface area contributed by atoms with E-state index in [-0.39, 0.29) is 35.6 Å². The molecular formula is C34H33F2N5O3S. The topological polar surface area (TPSA) is 78.8 Å². The summed E-state index contributed by atoms with van der Waals surface area (Å²) in [5.41, 5.74) is 4.75. The molecule has 3 aromatic carbocycles. The van der Waals surface area contributed by atoms with Crippen molar-refractivity contribution in [2.45, 2.75) is 26.0 Å². The van der Waals surface area contributed by atoms with Crippen LogP contribution in [-0.2, 0) is 14.4 Å². The molecular weight excluding hydrogens is 596 g/mol. The highest BCUT2D eigenvalue weighted by Crippen LogP contribution is 2.49. The number of benzene rings is 3. The van der Waals surface area contributed by atoms with Crippen LogP contribution in [0.15, 0.2) is 66.7 Å². The SMILES string of the molecule is CC(=O)N1CCN(C(=O)CN2C(=O)CS[C@H](c3ccc(F)cc3F)c3c(-c4ccccc4)nn(-c4ccc(C)cc4C)c32)CC1. The lowest BCUT2D eigenvalue weighted by atomic mass is 9.99. The van der Waals surface area contributed by atoms with Gasteiger partial charge in [0.1, 0.15) is 24.0 Å². The number of amides is 3. The van der Waals surface area contributed by atoms with Crippen LogP contribution in [0.2, 0.25) is 0 Å². The number of aromatic nitrogens is 2. The molecule has 0 unspecified atom stereocenters. The van der Waals surface area contributed by atoms with Crippen LogP contribution < -0.4 is 4.90 Å². The zero-order valence-corrected chi connectivity index (χ0v) is 26.1.